The second-order valence-corrected chi connectivity index (χ2v) is 5.01. The first kappa shape index (κ1) is 13.3. The first-order valence-electron chi connectivity index (χ1n) is 6.59. The molecule has 1 saturated heterocycles. The van der Waals surface area contributed by atoms with Crippen molar-refractivity contribution < 1.29 is 13.2 Å². The van der Waals surface area contributed by atoms with Crippen LogP contribution in [0.2, 0.25) is 0 Å². The molecule has 1 aromatic heterocycles. The number of para-hydroxylation sites is 1. The molecule has 1 unspecified atom stereocenters. The first-order chi connectivity index (χ1) is 9.55. The molecule has 0 radical (unpaired) electrons. The van der Waals surface area contributed by atoms with Crippen molar-refractivity contribution in [3.8, 4) is 0 Å². The van der Waals surface area contributed by atoms with Crippen LogP contribution in [0.25, 0.3) is 10.9 Å². The molecule has 20 heavy (non-hydrogen) atoms. The number of piperidine rings is 1. The van der Waals surface area contributed by atoms with E-state index < -0.39 is 11.7 Å². The van der Waals surface area contributed by atoms with E-state index in [1.165, 1.54) is 12.3 Å². The molecule has 2 aromatic rings. The molecule has 1 aromatic carbocycles. The van der Waals surface area contributed by atoms with Crippen LogP contribution in [-0.4, -0.2) is 23.1 Å². The van der Waals surface area contributed by atoms with Crippen LogP contribution in [0.3, 0.4) is 0 Å². The lowest BCUT2D eigenvalue weighted by Gasteiger charge is -2.21. The summed E-state index contributed by atoms with van der Waals surface area (Å²) < 4.78 is 39.1. The summed E-state index contributed by atoms with van der Waals surface area (Å²) >= 11 is 0. The van der Waals surface area contributed by atoms with Gasteiger partial charge in [-0.25, -0.2) is 9.97 Å². The van der Waals surface area contributed by atoms with Crippen molar-refractivity contribution in [3.05, 3.63) is 35.8 Å². The summed E-state index contributed by atoms with van der Waals surface area (Å²) in [4.78, 5) is 8.43. The van der Waals surface area contributed by atoms with E-state index in [9.17, 15) is 13.2 Å². The average molecular weight is 281 g/mol. The Morgan fingerprint density at radius 3 is 2.80 bits per heavy atom. The lowest BCUT2D eigenvalue weighted by atomic mass is 9.98. The summed E-state index contributed by atoms with van der Waals surface area (Å²) in [5.41, 5.74) is -0.696. The van der Waals surface area contributed by atoms with Gasteiger partial charge in [0.2, 0.25) is 0 Å². The standard InChI is InChI=1S/C14H14F3N3/c15-14(16,17)11-5-1-3-9-8-19-13(20-12(9)11)10-4-2-6-18-7-10/h1,3,5,8,10,18H,2,4,6-7H2. The van der Waals surface area contributed by atoms with Gasteiger partial charge < -0.3 is 5.32 Å². The van der Waals surface area contributed by atoms with Crippen LogP contribution in [0.15, 0.2) is 24.4 Å². The van der Waals surface area contributed by atoms with Crippen molar-refractivity contribution in [1.29, 1.82) is 0 Å². The van der Waals surface area contributed by atoms with Gasteiger partial charge in [0.05, 0.1) is 11.1 Å². The van der Waals surface area contributed by atoms with Gasteiger partial charge in [-0.2, -0.15) is 13.2 Å². The number of aromatic nitrogens is 2. The van der Waals surface area contributed by atoms with Crippen molar-refractivity contribution in [2.24, 2.45) is 0 Å². The third kappa shape index (κ3) is 2.47. The smallest absolute Gasteiger partial charge is 0.316 e. The lowest BCUT2D eigenvalue weighted by Crippen LogP contribution is -2.29. The number of benzene rings is 1. The molecular weight excluding hydrogens is 267 g/mol. The molecule has 1 aliphatic rings. The van der Waals surface area contributed by atoms with Crippen LogP contribution in [0.5, 0.6) is 0 Å². The zero-order chi connectivity index (χ0) is 14.2. The Balaban J connectivity index is 2.09. The van der Waals surface area contributed by atoms with Crippen LogP contribution in [0, 0.1) is 0 Å². The number of fused-ring (bicyclic) bond motifs is 1. The minimum atomic E-state index is -4.39. The number of hydrogen-bond donors (Lipinski definition) is 1. The third-order valence-corrected chi connectivity index (χ3v) is 3.60. The molecule has 1 fully saturated rings. The summed E-state index contributed by atoms with van der Waals surface area (Å²) in [5.74, 6) is 0.593. The quantitative estimate of drug-likeness (QED) is 0.872. The van der Waals surface area contributed by atoms with Crippen LogP contribution in [0.1, 0.15) is 30.1 Å². The number of nitrogens with one attached hydrogen (secondary N) is 1. The van der Waals surface area contributed by atoms with Gasteiger partial charge in [-0.05, 0) is 25.5 Å². The molecule has 0 spiro atoms. The fraction of sp³-hybridized carbons (Fsp3) is 0.429. The summed E-state index contributed by atoms with van der Waals surface area (Å²) in [6, 6.07) is 4.06. The fourth-order valence-corrected chi connectivity index (χ4v) is 2.57. The lowest BCUT2D eigenvalue weighted by molar-refractivity contribution is -0.136. The molecule has 106 valence electrons. The molecule has 6 heteroatoms. The summed E-state index contributed by atoms with van der Waals surface area (Å²) in [7, 11) is 0. The van der Waals surface area contributed by atoms with Crippen molar-refractivity contribution in [1.82, 2.24) is 15.3 Å². The van der Waals surface area contributed by atoms with Gasteiger partial charge in [0.1, 0.15) is 5.82 Å². The molecule has 1 N–H and O–H groups in total. The maximum absolute atomic E-state index is 13.0. The van der Waals surface area contributed by atoms with Gasteiger partial charge in [-0.3, -0.25) is 0 Å². The molecule has 2 heterocycles. The molecule has 3 rings (SSSR count). The van der Waals surface area contributed by atoms with Crippen molar-refractivity contribution in [2.75, 3.05) is 13.1 Å². The monoisotopic (exact) mass is 281 g/mol. The molecule has 3 nitrogen and oxygen atoms in total. The predicted octanol–water partition coefficient (Wildman–Crippen LogP) is 3.12. The van der Waals surface area contributed by atoms with E-state index in [1.807, 2.05) is 0 Å². The maximum atomic E-state index is 13.0. The zero-order valence-electron chi connectivity index (χ0n) is 10.7. The largest absolute Gasteiger partial charge is 0.418 e. The van der Waals surface area contributed by atoms with Gasteiger partial charge in [-0.15, -0.1) is 0 Å². The van der Waals surface area contributed by atoms with Crippen molar-refractivity contribution in [2.45, 2.75) is 24.9 Å². The molecular formula is C14H14F3N3. The van der Waals surface area contributed by atoms with Crippen molar-refractivity contribution >= 4 is 10.9 Å². The Morgan fingerprint density at radius 2 is 2.10 bits per heavy atom. The van der Waals surface area contributed by atoms with E-state index in [0.29, 0.717) is 11.2 Å². The Labute approximate surface area is 114 Å². The van der Waals surface area contributed by atoms with Gasteiger partial charge in [-0.1, -0.05) is 12.1 Å². The van der Waals surface area contributed by atoms with Gasteiger partial charge in [0.25, 0.3) is 0 Å². The highest BCUT2D eigenvalue weighted by Gasteiger charge is 2.33. The van der Waals surface area contributed by atoms with Crippen LogP contribution >= 0.6 is 0 Å². The Morgan fingerprint density at radius 1 is 1.25 bits per heavy atom. The molecule has 0 aliphatic carbocycles. The third-order valence-electron chi connectivity index (χ3n) is 3.60. The fourth-order valence-electron chi connectivity index (χ4n) is 2.57. The maximum Gasteiger partial charge on any atom is 0.418 e. The SMILES string of the molecule is FC(F)(F)c1cccc2cnc(C3CCCNC3)nc12. The van der Waals surface area contributed by atoms with E-state index in [-0.39, 0.29) is 11.4 Å². The second-order valence-electron chi connectivity index (χ2n) is 5.01. The predicted molar refractivity (Wildman–Crippen MR) is 69.4 cm³/mol. The molecule has 0 bridgehead atoms. The number of nitrogens with zero attached hydrogens (tertiary/aromatic N) is 2. The summed E-state index contributed by atoms with van der Waals surface area (Å²) in [6.07, 6.45) is -1.00. The van der Waals surface area contributed by atoms with Gasteiger partial charge in [0.15, 0.2) is 0 Å². The Kier molecular flexibility index (Phi) is 3.33. The van der Waals surface area contributed by atoms with Gasteiger partial charge >= 0.3 is 6.18 Å². The van der Waals surface area contributed by atoms with E-state index in [4.69, 9.17) is 0 Å². The number of halogens is 3. The van der Waals surface area contributed by atoms with Crippen LogP contribution in [0.4, 0.5) is 13.2 Å². The van der Waals surface area contributed by atoms with E-state index in [2.05, 4.69) is 15.3 Å². The van der Waals surface area contributed by atoms with Crippen molar-refractivity contribution in [3.63, 3.8) is 0 Å². The van der Waals surface area contributed by atoms with Crippen LogP contribution < -0.4 is 5.32 Å². The van der Waals surface area contributed by atoms with Crippen LogP contribution in [-0.2, 0) is 6.18 Å². The summed E-state index contributed by atoms with van der Waals surface area (Å²) in [5, 5.41) is 3.65. The summed E-state index contributed by atoms with van der Waals surface area (Å²) in [6.45, 7) is 1.66. The van der Waals surface area contributed by atoms with E-state index in [1.54, 1.807) is 6.07 Å². The minimum Gasteiger partial charge on any atom is -0.316 e. The minimum absolute atomic E-state index is 0.00410. The topological polar surface area (TPSA) is 37.8 Å². The number of rotatable bonds is 1. The zero-order valence-corrected chi connectivity index (χ0v) is 10.7. The Bertz CT molecular complexity index is 619. The first-order valence-corrected chi connectivity index (χ1v) is 6.59. The molecule has 0 amide bonds. The molecule has 0 saturated carbocycles. The van der Waals surface area contributed by atoms with E-state index in [0.717, 1.165) is 32.0 Å². The normalized spacial score (nSPS) is 20.2. The molecule has 1 aliphatic heterocycles. The van der Waals surface area contributed by atoms with Gasteiger partial charge in [0, 0.05) is 24.0 Å². The molecule has 1 atom stereocenters. The highest BCUT2D eigenvalue weighted by molar-refractivity contribution is 5.81. The highest BCUT2D eigenvalue weighted by Crippen LogP contribution is 2.34. The number of alkyl halides is 3. The Hall–Kier alpha value is -1.69. The highest BCUT2D eigenvalue weighted by atomic mass is 19.4. The second kappa shape index (κ2) is 5.01. The average Bonchev–Trinajstić information content (AvgIpc) is 2.46. The van der Waals surface area contributed by atoms with E-state index >= 15 is 0 Å². The number of hydrogen-bond acceptors (Lipinski definition) is 3.